The van der Waals surface area contributed by atoms with E-state index in [-0.39, 0.29) is 17.0 Å². The largest absolute Gasteiger partial charge is 0.440 e. The van der Waals surface area contributed by atoms with Crippen molar-refractivity contribution in [3.63, 3.8) is 0 Å². The molecule has 0 saturated carbocycles. The van der Waals surface area contributed by atoms with Gasteiger partial charge < -0.3 is 19.9 Å². The van der Waals surface area contributed by atoms with E-state index in [1.807, 2.05) is 33.2 Å². The summed E-state index contributed by atoms with van der Waals surface area (Å²) in [5.41, 5.74) is 8.02. The summed E-state index contributed by atoms with van der Waals surface area (Å²) in [7, 11) is 4.08. The summed E-state index contributed by atoms with van der Waals surface area (Å²) in [6, 6.07) is 7.53. The highest BCUT2D eigenvalue weighted by molar-refractivity contribution is 5.54. The second kappa shape index (κ2) is 7.02. The van der Waals surface area contributed by atoms with E-state index in [9.17, 15) is 10.1 Å². The topological polar surface area (TPSA) is 98.4 Å². The Morgan fingerprint density at radius 1 is 1.46 bits per heavy atom. The number of rotatable bonds is 4. The fraction of sp³-hybridized carbons (Fsp3) is 0.316. The van der Waals surface area contributed by atoms with Crippen molar-refractivity contribution in [3.05, 3.63) is 69.2 Å². The zero-order valence-corrected chi connectivity index (χ0v) is 15.1. The first kappa shape index (κ1) is 17.7. The molecule has 0 fully saturated rings. The molecule has 3 N–H and O–H groups in total. The van der Waals surface area contributed by atoms with Gasteiger partial charge in [0.2, 0.25) is 5.88 Å². The number of nitrogens with one attached hydrogen (secondary N) is 1. The van der Waals surface area contributed by atoms with Gasteiger partial charge >= 0.3 is 0 Å². The molecule has 0 bridgehead atoms. The first-order chi connectivity index (χ1) is 12.4. The summed E-state index contributed by atoms with van der Waals surface area (Å²) in [5.74, 6) is -0.141. The van der Waals surface area contributed by atoms with Crippen LogP contribution in [-0.2, 0) is 6.54 Å². The third-order valence-corrected chi connectivity index (χ3v) is 4.54. The van der Waals surface area contributed by atoms with E-state index in [0.717, 1.165) is 17.8 Å². The van der Waals surface area contributed by atoms with E-state index in [1.165, 1.54) is 4.90 Å². The third kappa shape index (κ3) is 3.07. The van der Waals surface area contributed by atoms with Gasteiger partial charge in [-0.2, -0.15) is 5.26 Å². The first-order valence-corrected chi connectivity index (χ1v) is 8.45. The molecule has 0 aliphatic carbocycles. The second-order valence-corrected chi connectivity index (χ2v) is 6.69. The van der Waals surface area contributed by atoms with Crippen molar-refractivity contribution in [1.29, 1.82) is 5.26 Å². The van der Waals surface area contributed by atoms with Crippen LogP contribution in [0.1, 0.15) is 22.7 Å². The second-order valence-electron chi connectivity index (χ2n) is 6.69. The van der Waals surface area contributed by atoms with Crippen molar-refractivity contribution < 1.29 is 9.64 Å². The minimum atomic E-state index is -0.580. The van der Waals surface area contributed by atoms with Crippen LogP contribution in [0.25, 0.3) is 0 Å². The van der Waals surface area contributed by atoms with Crippen molar-refractivity contribution in [2.75, 3.05) is 20.6 Å². The molecule has 2 aromatic heterocycles. The van der Waals surface area contributed by atoms with Crippen LogP contribution in [0.5, 0.6) is 5.75 Å². The van der Waals surface area contributed by atoms with Gasteiger partial charge in [-0.25, -0.2) is 0 Å². The molecule has 134 valence electrons. The standard InChI is InChI=1S/C19H21N5O2/c1-12-9-15-17(19(25)24(12)8-7-23(2)3)16(13-5-4-6-22-11-13)14(10-20)18(21)26-15/h4-6,9,11,16H,7-8,21H2,1-3H3/p+1/t16-/m1/s1. The molecule has 1 aliphatic heterocycles. The van der Waals surface area contributed by atoms with E-state index >= 15 is 0 Å². The Labute approximate surface area is 151 Å². The fourth-order valence-electron chi connectivity index (χ4n) is 3.18. The van der Waals surface area contributed by atoms with Gasteiger partial charge in [0, 0.05) is 24.2 Å². The average Bonchev–Trinajstić information content (AvgIpc) is 2.60. The van der Waals surface area contributed by atoms with Crippen molar-refractivity contribution in [2.45, 2.75) is 19.4 Å². The van der Waals surface area contributed by atoms with Crippen molar-refractivity contribution in [1.82, 2.24) is 9.55 Å². The summed E-state index contributed by atoms with van der Waals surface area (Å²) >= 11 is 0. The number of nitrogens with two attached hydrogens (primary N) is 1. The summed E-state index contributed by atoms with van der Waals surface area (Å²) in [4.78, 5) is 18.7. The normalized spacial score (nSPS) is 16.2. The number of fused-ring (bicyclic) bond motifs is 1. The lowest BCUT2D eigenvalue weighted by Gasteiger charge is -2.27. The van der Waals surface area contributed by atoms with Crippen LogP contribution in [0.15, 0.2) is 46.8 Å². The predicted octanol–water partition coefficient (Wildman–Crippen LogP) is -0.0856. The predicted molar refractivity (Wildman–Crippen MR) is 96.7 cm³/mol. The number of likely N-dealkylation sites (N-methyl/N-ethyl adjacent to an activating group) is 1. The lowest BCUT2D eigenvalue weighted by molar-refractivity contribution is -0.858. The van der Waals surface area contributed by atoms with Gasteiger partial charge in [-0.05, 0) is 18.6 Å². The van der Waals surface area contributed by atoms with Gasteiger partial charge in [-0.1, -0.05) is 6.07 Å². The van der Waals surface area contributed by atoms with Crippen molar-refractivity contribution in [3.8, 4) is 11.8 Å². The minimum absolute atomic E-state index is 0.0307. The van der Waals surface area contributed by atoms with E-state index in [0.29, 0.717) is 17.9 Å². The van der Waals surface area contributed by atoms with Crippen molar-refractivity contribution in [2.24, 2.45) is 5.73 Å². The Morgan fingerprint density at radius 3 is 2.85 bits per heavy atom. The number of allylic oxidation sites excluding steroid dienone is 1. The van der Waals surface area contributed by atoms with Gasteiger partial charge in [-0.3, -0.25) is 9.78 Å². The molecule has 3 rings (SSSR count). The van der Waals surface area contributed by atoms with Crippen LogP contribution in [0.2, 0.25) is 0 Å². The molecular formula is C19H22N5O2+. The number of nitriles is 1. The Hall–Kier alpha value is -3.11. The first-order valence-electron chi connectivity index (χ1n) is 8.45. The third-order valence-electron chi connectivity index (χ3n) is 4.54. The van der Waals surface area contributed by atoms with Crippen molar-refractivity contribution >= 4 is 0 Å². The van der Waals surface area contributed by atoms with E-state index < -0.39 is 5.92 Å². The molecule has 0 spiro atoms. The lowest BCUT2D eigenvalue weighted by Crippen LogP contribution is -3.06. The smallest absolute Gasteiger partial charge is 0.258 e. The molecule has 1 atom stereocenters. The van der Waals surface area contributed by atoms with Crippen LogP contribution < -0.4 is 20.9 Å². The molecule has 0 radical (unpaired) electrons. The molecule has 0 saturated heterocycles. The molecule has 7 heteroatoms. The SMILES string of the molecule is Cc1cc2c(c(=O)n1CC[NH+](C)C)[C@H](c1cccnc1)C(C#N)=C(N)O2. The van der Waals surface area contributed by atoms with Crippen LogP contribution in [0.4, 0.5) is 0 Å². The number of ether oxygens (including phenoxy) is 1. The zero-order valence-electron chi connectivity index (χ0n) is 15.1. The van der Waals surface area contributed by atoms with Crippen LogP contribution in [0.3, 0.4) is 0 Å². The Bertz CT molecular complexity index is 954. The summed E-state index contributed by atoms with van der Waals surface area (Å²) in [5, 5.41) is 9.61. The number of quaternary nitrogens is 1. The summed E-state index contributed by atoms with van der Waals surface area (Å²) in [6.07, 6.45) is 3.30. The molecule has 0 unspecified atom stereocenters. The fourth-order valence-corrected chi connectivity index (χ4v) is 3.18. The molecule has 1 aliphatic rings. The molecule has 3 heterocycles. The highest BCUT2D eigenvalue weighted by atomic mass is 16.5. The number of aromatic nitrogens is 2. The maximum Gasteiger partial charge on any atom is 0.258 e. The molecule has 0 aromatic carbocycles. The van der Waals surface area contributed by atoms with Gasteiger partial charge in [0.05, 0.1) is 38.7 Å². The average molecular weight is 352 g/mol. The summed E-state index contributed by atoms with van der Waals surface area (Å²) in [6.45, 7) is 3.26. The number of pyridine rings is 2. The van der Waals surface area contributed by atoms with Crippen LogP contribution in [0, 0.1) is 18.3 Å². The van der Waals surface area contributed by atoms with E-state index in [4.69, 9.17) is 10.5 Å². The number of aryl methyl sites for hydroxylation is 1. The van der Waals surface area contributed by atoms with Crippen LogP contribution >= 0.6 is 0 Å². The molecule has 0 amide bonds. The molecule has 2 aromatic rings. The molecular weight excluding hydrogens is 330 g/mol. The lowest BCUT2D eigenvalue weighted by atomic mass is 9.85. The highest BCUT2D eigenvalue weighted by Crippen LogP contribution is 2.40. The molecule has 26 heavy (non-hydrogen) atoms. The minimum Gasteiger partial charge on any atom is -0.440 e. The number of hydrogen-bond acceptors (Lipinski definition) is 5. The van der Waals surface area contributed by atoms with E-state index in [2.05, 4.69) is 11.1 Å². The maximum atomic E-state index is 13.3. The Kier molecular flexibility index (Phi) is 4.78. The zero-order chi connectivity index (χ0) is 18.8. The van der Waals surface area contributed by atoms with Crippen LogP contribution in [-0.4, -0.2) is 30.2 Å². The quantitative estimate of drug-likeness (QED) is 0.802. The van der Waals surface area contributed by atoms with Gasteiger partial charge in [0.15, 0.2) is 0 Å². The highest BCUT2D eigenvalue weighted by Gasteiger charge is 2.34. The summed E-state index contributed by atoms with van der Waals surface area (Å²) < 4.78 is 7.36. The van der Waals surface area contributed by atoms with Gasteiger partial charge in [-0.15, -0.1) is 0 Å². The Morgan fingerprint density at radius 2 is 2.23 bits per heavy atom. The van der Waals surface area contributed by atoms with Gasteiger partial charge in [0.25, 0.3) is 5.56 Å². The number of hydrogen-bond donors (Lipinski definition) is 2. The van der Waals surface area contributed by atoms with Gasteiger partial charge in [0.1, 0.15) is 17.4 Å². The maximum absolute atomic E-state index is 13.3. The molecule has 7 nitrogen and oxygen atoms in total. The number of nitrogens with zero attached hydrogens (tertiary/aromatic N) is 3. The Balaban J connectivity index is 2.22. The van der Waals surface area contributed by atoms with E-state index in [1.54, 1.807) is 23.0 Å². The monoisotopic (exact) mass is 352 g/mol.